The third-order valence-corrected chi connectivity index (χ3v) is 3.37. The molecule has 0 bridgehead atoms. The van der Waals surface area contributed by atoms with Crippen molar-refractivity contribution in [2.45, 2.75) is 13.0 Å². The largest absolute Gasteiger partial charge is 0.478 e. The Balaban J connectivity index is 1.75. The van der Waals surface area contributed by atoms with Crippen LogP contribution in [0.15, 0.2) is 35.8 Å². The number of benzene rings is 1. The Morgan fingerprint density at radius 3 is 2.72 bits per heavy atom. The zero-order valence-corrected chi connectivity index (χ0v) is 10.6. The Morgan fingerprint density at radius 2 is 2.11 bits per heavy atom. The van der Waals surface area contributed by atoms with Crippen molar-refractivity contribution in [2.75, 3.05) is 6.54 Å². The highest BCUT2D eigenvalue weighted by atomic mass is 32.1. The maximum absolute atomic E-state index is 10.7. The lowest BCUT2D eigenvalue weighted by molar-refractivity contribution is 0.0697. The summed E-state index contributed by atoms with van der Waals surface area (Å²) in [4.78, 5) is 14.9. The van der Waals surface area contributed by atoms with Crippen LogP contribution in [0.25, 0.3) is 0 Å². The number of carboxylic acids is 1. The summed E-state index contributed by atoms with van der Waals surface area (Å²) in [6, 6.07) is 6.92. The minimum absolute atomic E-state index is 0.321. The van der Waals surface area contributed by atoms with Gasteiger partial charge in [0.25, 0.3) is 0 Å². The number of rotatable bonds is 6. The molecule has 2 rings (SSSR count). The summed E-state index contributed by atoms with van der Waals surface area (Å²) < 4.78 is 0. The first-order valence-corrected chi connectivity index (χ1v) is 6.55. The van der Waals surface area contributed by atoms with Crippen molar-refractivity contribution in [3.8, 4) is 0 Å². The third kappa shape index (κ3) is 3.65. The first-order valence-electron chi connectivity index (χ1n) is 5.67. The number of hydrogen-bond donors (Lipinski definition) is 2. The highest BCUT2D eigenvalue weighted by molar-refractivity contribution is 7.09. The van der Waals surface area contributed by atoms with E-state index in [0.29, 0.717) is 5.56 Å². The smallest absolute Gasteiger partial charge is 0.335 e. The number of nitrogens with zero attached hydrogens (tertiary/aromatic N) is 1. The summed E-state index contributed by atoms with van der Waals surface area (Å²) in [6.45, 7) is 1.61. The molecular weight excluding hydrogens is 248 g/mol. The van der Waals surface area contributed by atoms with Gasteiger partial charge in [0.05, 0.1) is 10.6 Å². The molecule has 2 N–H and O–H groups in total. The number of carboxylic acid groups (broad SMARTS) is 1. The molecule has 0 atom stereocenters. The summed E-state index contributed by atoms with van der Waals surface area (Å²) in [7, 11) is 0. The molecule has 1 heterocycles. The summed E-state index contributed by atoms with van der Waals surface area (Å²) in [6.07, 6.45) is 2.73. The van der Waals surface area contributed by atoms with Gasteiger partial charge in [-0.2, -0.15) is 0 Å². The van der Waals surface area contributed by atoms with Gasteiger partial charge in [-0.1, -0.05) is 12.1 Å². The maximum atomic E-state index is 10.7. The first kappa shape index (κ1) is 12.7. The van der Waals surface area contributed by atoms with Crippen LogP contribution in [0, 0.1) is 0 Å². The Kier molecular flexibility index (Phi) is 4.44. The van der Waals surface area contributed by atoms with Crippen LogP contribution >= 0.6 is 11.3 Å². The normalized spacial score (nSPS) is 10.4. The van der Waals surface area contributed by atoms with Gasteiger partial charge in [-0.15, -0.1) is 11.3 Å². The summed E-state index contributed by atoms with van der Waals surface area (Å²) in [5.41, 5.74) is 1.40. The molecule has 1 aromatic carbocycles. The van der Waals surface area contributed by atoms with Crippen LogP contribution in [0.2, 0.25) is 0 Å². The zero-order valence-electron chi connectivity index (χ0n) is 9.80. The summed E-state index contributed by atoms with van der Waals surface area (Å²) in [5, 5.41) is 15.2. The lowest BCUT2D eigenvalue weighted by Gasteiger charge is -2.04. The molecule has 18 heavy (non-hydrogen) atoms. The maximum Gasteiger partial charge on any atom is 0.335 e. The van der Waals surface area contributed by atoms with E-state index < -0.39 is 5.97 Å². The van der Waals surface area contributed by atoms with Crippen molar-refractivity contribution in [1.29, 1.82) is 0 Å². The highest BCUT2D eigenvalue weighted by Crippen LogP contribution is 2.05. The number of hydrogen-bond acceptors (Lipinski definition) is 4. The van der Waals surface area contributed by atoms with Crippen molar-refractivity contribution < 1.29 is 9.90 Å². The van der Waals surface area contributed by atoms with E-state index in [0.717, 1.165) is 30.1 Å². The van der Waals surface area contributed by atoms with E-state index in [2.05, 4.69) is 10.3 Å². The second-order valence-corrected chi connectivity index (χ2v) is 4.83. The fraction of sp³-hybridized carbons (Fsp3) is 0.231. The van der Waals surface area contributed by atoms with Crippen molar-refractivity contribution in [3.63, 3.8) is 0 Å². The molecule has 0 saturated heterocycles. The Bertz CT molecular complexity index is 494. The first-order chi connectivity index (χ1) is 8.75. The molecule has 94 valence electrons. The Labute approximate surface area is 109 Å². The van der Waals surface area contributed by atoms with E-state index in [1.807, 2.05) is 23.7 Å². The average molecular weight is 262 g/mol. The van der Waals surface area contributed by atoms with Gasteiger partial charge in [-0.05, 0) is 17.7 Å². The monoisotopic (exact) mass is 262 g/mol. The lowest BCUT2D eigenvalue weighted by atomic mass is 10.1. The second-order valence-electron chi connectivity index (χ2n) is 3.85. The molecule has 5 heteroatoms. The van der Waals surface area contributed by atoms with Gasteiger partial charge in [0.2, 0.25) is 0 Å². The molecule has 0 radical (unpaired) electrons. The van der Waals surface area contributed by atoms with E-state index in [1.165, 1.54) is 0 Å². The molecule has 2 aromatic rings. The predicted octanol–water partition coefficient (Wildman–Crippen LogP) is 2.17. The van der Waals surface area contributed by atoms with E-state index in [4.69, 9.17) is 5.11 Å². The molecule has 0 aliphatic carbocycles. The van der Waals surface area contributed by atoms with Crippen molar-refractivity contribution in [1.82, 2.24) is 10.3 Å². The van der Waals surface area contributed by atoms with Crippen LogP contribution < -0.4 is 5.32 Å². The van der Waals surface area contributed by atoms with Gasteiger partial charge in [-0.25, -0.2) is 9.78 Å². The quantitative estimate of drug-likeness (QED) is 0.783. The molecule has 0 amide bonds. The predicted molar refractivity (Wildman–Crippen MR) is 70.9 cm³/mol. The van der Waals surface area contributed by atoms with Gasteiger partial charge in [0.15, 0.2) is 0 Å². The van der Waals surface area contributed by atoms with Crippen LogP contribution in [-0.2, 0) is 13.0 Å². The number of nitrogens with one attached hydrogen (secondary N) is 1. The fourth-order valence-corrected chi connectivity index (χ4v) is 2.19. The van der Waals surface area contributed by atoms with Crippen molar-refractivity contribution >= 4 is 17.3 Å². The molecule has 1 aromatic heterocycles. The third-order valence-electron chi connectivity index (χ3n) is 2.53. The van der Waals surface area contributed by atoms with Crippen LogP contribution in [0.5, 0.6) is 0 Å². The minimum atomic E-state index is -0.890. The van der Waals surface area contributed by atoms with Gasteiger partial charge in [-0.3, -0.25) is 0 Å². The van der Waals surface area contributed by atoms with E-state index in [1.54, 1.807) is 23.5 Å². The van der Waals surface area contributed by atoms with Crippen molar-refractivity contribution in [2.24, 2.45) is 0 Å². The number of thiazole rings is 1. The summed E-state index contributed by atoms with van der Waals surface area (Å²) >= 11 is 1.66. The second kappa shape index (κ2) is 6.28. The fourth-order valence-electron chi connectivity index (χ4n) is 1.57. The Hall–Kier alpha value is -1.72. The zero-order chi connectivity index (χ0) is 12.8. The molecule has 0 fully saturated rings. The summed E-state index contributed by atoms with van der Waals surface area (Å²) in [5.74, 6) is -0.890. The van der Waals surface area contributed by atoms with Crippen LogP contribution in [0.3, 0.4) is 0 Å². The number of aromatic nitrogens is 1. The molecule has 4 nitrogen and oxygen atoms in total. The van der Waals surface area contributed by atoms with Gasteiger partial charge in [0, 0.05) is 31.1 Å². The molecule has 0 spiro atoms. The topological polar surface area (TPSA) is 62.2 Å². The molecule has 0 unspecified atom stereocenters. The number of aromatic carboxylic acids is 1. The average Bonchev–Trinajstić information content (AvgIpc) is 2.88. The van der Waals surface area contributed by atoms with Crippen LogP contribution in [-0.4, -0.2) is 22.6 Å². The van der Waals surface area contributed by atoms with Crippen LogP contribution in [0.4, 0.5) is 0 Å². The molecule has 0 saturated carbocycles. The molecule has 0 aliphatic rings. The standard InChI is InChI=1S/C13H14N2O2S/c16-13(17)11-3-1-10(2-4-11)9-14-6-5-12-15-7-8-18-12/h1-4,7-8,14H,5-6,9H2,(H,16,17). The number of carbonyl (C=O) groups is 1. The lowest BCUT2D eigenvalue weighted by Crippen LogP contribution is -2.16. The van der Waals surface area contributed by atoms with Crippen molar-refractivity contribution in [3.05, 3.63) is 52.0 Å². The van der Waals surface area contributed by atoms with E-state index in [-0.39, 0.29) is 0 Å². The van der Waals surface area contributed by atoms with Gasteiger partial charge < -0.3 is 10.4 Å². The molecular formula is C13H14N2O2S. The molecule has 0 aliphatic heterocycles. The minimum Gasteiger partial charge on any atom is -0.478 e. The highest BCUT2D eigenvalue weighted by Gasteiger charge is 2.01. The van der Waals surface area contributed by atoms with Gasteiger partial charge >= 0.3 is 5.97 Å². The van der Waals surface area contributed by atoms with E-state index >= 15 is 0 Å². The van der Waals surface area contributed by atoms with E-state index in [9.17, 15) is 4.79 Å². The SMILES string of the molecule is O=C(O)c1ccc(CNCCc2nccs2)cc1. The Morgan fingerprint density at radius 1 is 1.33 bits per heavy atom. The van der Waals surface area contributed by atoms with Gasteiger partial charge in [0.1, 0.15) is 0 Å². The van der Waals surface area contributed by atoms with Crippen LogP contribution in [0.1, 0.15) is 20.9 Å².